The van der Waals surface area contributed by atoms with E-state index in [1.165, 1.54) is 0 Å². The summed E-state index contributed by atoms with van der Waals surface area (Å²) in [5, 5.41) is 19.0. The molecule has 0 radical (unpaired) electrons. The van der Waals surface area contributed by atoms with E-state index in [-0.39, 0.29) is 12.8 Å². The van der Waals surface area contributed by atoms with Gasteiger partial charge in [0, 0.05) is 12.1 Å². The molecule has 1 aliphatic rings. The predicted molar refractivity (Wildman–Crippen MR) is 72.0 cm³/mol. The van der Waals surface area contributed by atoms with E-state index in [0.29, 0.717) is 18.3 Å². The van der Waals surface area contributed by atoms with Gasteiger partial charge in [-0.2, -0.15) is 0 Å². The number of aliphatic hydroxyl groups is 2. The van der Waals surface area contributed by atoms with E-state index in [9.17, 15) is 5.11 Å². The van der Waals surface area contributed by atoms with Gasteiger partial charge in [0.05, 0.1) is 24.7 Å². The minimum Gasteiger partial charge on any atom is -0.394 e. The smallest absolute Gasteiger partial charge is 0.138 e. The molecule has 2 rings (SSSR count). The highest BCUT2D eigenvalue weighted by molar-refractivity contribution is 5.21. The van der Waals surface area contributed by atoms with E-state index in [1.807, 2.05) is 4.57 Å². The molecule has 5 heteroatoms. The SMILES string of the molecule is CC(C)c1ncn(C2CC(O)C(CO)O2)c1C(C)C. The molecule has 3 unspecified atom stereocenters. The van der Waals surface area contributed by atoms with Crippen molar-refractivity contribution in [2.75, 3.05) is 6.61 Å². The molecule has 0 aliphatic carbocycles. The molecule has 1 aliphatic heterocycles. The highest BCUT2D eigenvalue weighted by Crippen LogP contribution is 2.34. The van der Waals surface area contributed by atoms with Crippen LogP contribution in [0.3, 0.4) is 0 Å². The lowest BCUT2D eigenvalue weighted by Gasteiger charge is -2.19. The zero-order valence-corrected chi connectivity index (χ0v) is 12.1. The van der Waals surface area contributed by atoms with Gasteiger partial charge in [0.15, 0.2) is 0 Å². The molecule has 0 saturated carbocycles. The second kappa shape index (κ2) is 5.61. The van der Waals surface area contributed by atoms with Gasteiger partial charge >= 0.3 is 0 Å². The van der Waals surface area contributed by atoms with Crippen molar-refractivity contribution < 1.29 is 14.9 Å². The molecule has 1 aromatic rings. The lowest BCUT2D eigenvalue weighted by molar-refractivity contribution is -0.0453. The normalized spacial score (nSPS) is 27.7. The average molecular weight is 268 g/mol. The molecule has 2 heterocycles. The first-order valence-electron chi connectivity index (χ1n) is 6.96. The number of hydrogen-bond donors (Lipinski definition) is 2. The Morgan fingerprint density at radius 1 is 1.37 bits per heavy atom. The van der Waals surface area contributed by atoms with E-state index in [1.54, 1.807) is 6.33 Å². The number of rotatable bonds is 4. The maximum absolute atomic E-state index is 9.85. The minimum absolute atomic E-state index is 0.152. The van der Waals surface area contributed by atoms with Crippen LogP contribution in [0, 0.1) is 0 Å². The Bertz CT molecular complexity index is 428. The molecule has 19 heavy (non-hydrogen) atoms. The van der Waals surface area contributed by atoms with E-state index < -0.39 is 12.2 Å². The highest BCUT2D eigenvalue weighted by atomic mass is 16.5. The first kappa shape index (κ1) is 14.5. The van der Waals surface area contributed by atoms with Crippen molar-refractivity contribution in [3.05, 3.63) is 17.7 Å². The van der Waals surface area contributed by atoms with Gasteiger partial charge in [0.25, 0.3) is 0 Å². The van der Waals surface area contributed by atoms with Gasteiger partial charge in [0.2, 0.25) is 0 Å². The van der Waals surface area contributed by atoms with E-state index in [2.05, 4.69) is 32.7 Å². The van der Waals surface area contributed by atoms with Crippen molar-refractivity contribution in [3.63, 3.8) is 0 Å². The third-order valence-corrected chi connectivity index (χ3v) is 3.65. The molecule has 1 aromatic heterocycles. The zero-order chi connectivity index (χ0) is 14.2. The number of imidazole rings is 1. The van der Waals surface area contributed by atoms with Gasteiger partial charge in [-0.3, -0.25) is 0 Å². The summed E-state index contributed by atoms with van der Waals surface area (Å²) in [6, 6.07) is 0. The summed E-state index contributed by atoms with van der Waals surface area (Å²) in [6.45, 7) is 8.36. The van der Waals surface area contributed by atoms with Crippen molar-refractivity contribution in [1.82, 2.24) is 9.55 Å². The van der Waals surface area contributed by atoms with Crippen LogP contribution in [0.5, 0.6) is 0 Å². The minimum atomic E-state index is -0.611. The van der Waals surface area contributed by atoms with Crippen LogP contribution in [0.15, 0.2) is 6.33 Å². The van der Waals surface area contributed by atoms with Crippen LogP contribution in [0.1, 0.15) is 63.6 Å². The fourth-order valence-corrected chi connectivity index (χ4v) is 2.70. The Kier molecular flexibility index (Phi) is 4.28. The van der Waals surface area contributed by atoms with E-state index in [0.717, 1.165) is 11.4 Å². The summed E-state index contributed by atoms with van der Waals surface area (Å²) in [5.74, 6) is 0.701. The van der Waals surface area contributed by atoms with Crippen LogP contribution in [0.2, 0.25) is 0 Å². The van der Waals surface area contributed by atoms with E-state index >= 15 is 0 Å². The van der Waals surface area contributed by atoms with Gasteiger partial charge in [-0.15, -0.1) is 0 Å². The van der Waals surface area contributed by atoms with E-state index in [4.69, 9.17) is 9.84 Å². The zero-order valence-electron chi connectivity index (χ0n) is 12.1. The van der Waals surface area contributed by atoms with Crippen LogP contribution in [0.25, 0.3) is 0 Å². The molecule has 2 N–H and O–H groups in total. The largest absolute Gasteiger partial charge is 0.394 e. The number of nitrogens with zero attached hydrogens (tertiary/aromatic N) is 2. The van der Waals surface area contributed by atoms with Crippen molar-refractivity contribution >= 4 is 0 Å². The van der Waals surface area contributed by atoms with Crippen LogP contribution >= 0.6 is 0 Å². The van der Waals surface area contributed by atoms with Crippen LogP contribution in [-0.2, 0) is 4.74 Å². The Morgan fingerprint density at radius 3 is 2.53 bits per heavy atom. The Labute approximate surface area is 114 Å². The summed E-state index contributed by atoms with van der Waals surface area (Å²) in [4.78, 5) is 4.50. The molecular formula is C14H24N2O3. The second-order valence-corrected chi connectivity index (χ2v) is 5.85. The standard InChI is InChI=1S/C14H24N2O3/c1-8(2)13-14(9(3)4)16(7-15-13)12-5-10(18)11(6-17)19-12/h7-12,17-18H,5-6H2,1-4H3. The molecule has 3 atom stereocenters. The summed E-state index contributed by atoms with van der Waals surface area (Å²) in [6.07, 6.45) is 0.958. The van der Waals surface area contributed by atoms with Crippen molar-refractivity contribution in [1.29, 1.82) is 0 Å². The fourth-order valence-electron chi connectivity index (χ4n) is 2.70. The maximum Gasteiger partial charge on any atom is 0.138 e. The summed E-state index contributed by atoms with van der Waals surface area (Å²) < 4.78 is 7.73. The lowest BCUT2D eigenvalue weighted by atomic mass is 10.0. The summed E-state index contributed by atoms with van der Waals surface area (Å²) in [7, 11) is 0. The highest BCUT2D eigenvalue weighted by Gasteiger charge is 2.36. The number of hydrogen-bond acceptors (Lipinski definition) is 4. The van der Waals surface area contributed by atoms with Crippen molar-refractivity contribution in [3.8, 4) is 0 Å². The topological polar surface area (TPSA) is 67.5 Å². The van der Waals surface area contributed by atoms with Gasteiger partial charge < -0.3 is 19.5 Å². The lowest BCUT2D eigenvalue weighted by Crippen LogP contribution is -2.24. The third kappa shape index (κ3) is 2.68. The molecule has 0 bridgehead atoms. The molecule has 1 fully saturated rings. The molecule has 5 nitrogen and oxygen atoms in total. The summed E-state index contributed by atoms with van der Waals surface area (Å²) in [5.41, 5.74) is 2.24. The Hall–Kier alpha value is -0.910. The van der Waals surface area contributed by atoms with Crippen molar-refractivity contribution in [2.24, 2.45) is 0 Å². The third-order valence-electron chi connectivity index (χ3n) is 3.65. The number of aliphatic hydroxyl groups excluding tert-OH is 2. The fraction of sp³-hybridized carbons (Fsp3) is 0.786. The Balaban J connectivity index is 2.31. The monoisotopic (exact) mass is 268 g/mol. The second-order valence-electron chi connectivity index (χ2n) is 5.85. The van der Waals surface area contributed by atoms with Crippen LogP contribution < -0.4 is 0 Å². The molecule has 0 aromatic carbocycles. The molecule has 0 amide bonds. The Morgan fingerprint density at radius 2 is 2.05 bits per heavy atom. The first-order valence-corrected chi connectivity index (χ1v) is 6.96. The average Bonchev–Trinajstić information content (AvgIpc) is 2.91. The van der Waals surface area contributed by atoms with Gasteiger partial charge in [-0.05, 0) is 11.8 Å². The van der Waals surface area contributed by atoms with Crippen molar-refractivity contribution in [2.45, 2.75) is 64.4 Å². The number of ether oxygens (including phenoxy) is 1. The maximum atomic E-state index is 9.85. The van der Waals surface area contributed by atoms with Gasteiger partial charge in [-0.1, -0.05) is 27.7 Å². The quantitative estimate of drug-likeness (QED) is 0.873. The summed E-state index contributed by atoms with van der Waals surface area (Å²) >= 11 is 0. The molecule has 0 spiro atoms. The molecule has 108 valence electrons. The van der Waals surface area contributed by atoms with Crippen LogP contribution in [-0.4, -0.2) is 38.6 Å². The van der Waals surface area contributed by atoms with Gasteiger partial charge in [-0.25, -0.2) is 4.98 Å². The molecular weight excluding hydrogens is 244 g/mol. The first-order chi connectivity index (χ1) is 8.95. The molecule has 1 saturated heterocycles. The van der Waals surface area contributed by atoms with Crippen LogP contribution in [0.4, 0.5) is 0 Å². The van der Waals surface area contributed by atoms with Gasteiger partial charge in [0.1, 0.15) is 12.3 Å². The number of aromatic nitrogens is 2. The predicted octanol–water partition coefficient (Wildman–Crippen LogP) is 1.77.